The Morgan fingerprint density at radius 2 is 2.05 bits per heavy atom. The minimum Gasteiger partial charge on any atom is -0.355 e. The third-order valence-corrected chi connectivity index (χ3v) is 3.54. The first-order chi connectivity index (χ1) is 10.1. The summed E-state index contributed by atoms with van der Waals surface area (Å²) in [6.45, 7) is 5.63. The summed E-state index contributed by atoms with van der Waals surface area (Å²) in [5.41, 5.74) is 1.86. The molecule has 0 fully saturated rings. The molecule has 0 aliphatic rings. The molecule has 21 heavy (non-hydrogen) atoms. The van der Waals surface area contributed by atoms with Gasteiger partial charge in [0.05, 0.1) is 0 Å². The van der Waals surface area contributed by atoms with E-state index in [-0.39, 0.29) is 11.9 Å². The molecule has 4 heteroatoms. The first kappa shape index (κ1) is 15.4. The van der Waals surface area contributed by atoms with Gasteiger partial charge in [0.1, 0.15) is 11.6 Å². The van der Waals surface area contributed by atoms with Crippen LogP contribution >= 0.6 is 0 Å². The zero-order chi connectivity index (χ0) is 15.2. The lowest BCUT2D eigenvalue weighted by molar-refractivity contribution is 0.596. The van der Waals surface area contributed by atoms with Gasteiger partial charge in [0.2, 0.25) is 0 Å². The molecule has 1 heterocycles. The number of nitrogens with zero attached hydrogens (tertiary/aromatic N) is 2. The lowest BCUT2D eigenvalue weighted by Crippen LogP contribution is -2.21. The van der Waals surface area contributed by atoms with Crippen molar-refractivity contribution in [1.29, 1.82) is 0 Å². The highest BCUT2D eigenvalue weighted by atomic mass is 19.1. The van der Waals surface area contributed by atoms with Crippen molar-refractivity contribution in [3.63, 3.8) is 0 Å². The maximum Gasteiger partial charge on any atom is 0.128 e. The fraction of sp³-hybridized carbons (Fsp3) is 0.353. The molecule has 112 valence electrons. The van der Waals surface area contributed by atoms with E-state index < -0.39 is 0 Å². The minimum absolute atomic E-state index is 0.179. The van der Waals surface area contributed by atoms with E-state index in [1.54, 1.807) is 18.3 Å². The summed E-state index contributed by atoms with van der Waals surface area (Å²) >= 11 is 0. The predicted molar refractivity (Wildman–Crippen MR) is 84.8 cm³/mol. The van der Waals surface area contributed by atoms with Crippen molar-refractivity contribution in [2.75, 3.05) is 18.5 Å². The van der Waals surface area contributed by atoms with Gasteiger partial charge >= 0.3 is 0 Å². The fourth-order valence-corrected chi connectivity index (χ4v) is 2.30. The minimum atomic E-state index is -0.179. The number of rotatable bonds is 6. The fourth-order valence-electron chi connectivity index (χ4n) is 2.30. The number of hydrogen-bond acceptors (Lipinski definition) is 3. The van der Waals surface area contributed by atoms with E-state index in [2.05, 4.69) is 24.1 Å². The van der Waals surface area contributed by atoms with E-state index in [4.69, 9.17) is 0 Å². The zero-order valence-electron chi connectivity index (χ0n) is 12.8. The van der Waals surface area contributed by atoms with Crippen LogP contribution in [0.4, 0.5) is 10.2 Å². The van der Waals surface area contributed by atoms with Crippen LogP contribution in [0.1, 0.15) is 31.0 Å². The lowest BCUT2D eigenvalue weighted by Gasteiger charge is -2.20. The first-order valence-corrected chi connectivity index (χ1v) is 7.25. The van der Waals surface area contributed by atoms with Crippen LogP contribution in [0.3, 0.4) is 0 Å². The molecule has 2 aromatic rings. The zero-order valence-corrected chi connectivity index (χ0v) is 12.8. The monoisotopic (exact) mass is 287 g/mol. The van der Waals surface area contributed by atoms with Crippen LogP contribution in [0.2, 0.25) is 0 Å². The van der Waals surface area contributed by atoms with Crippen molar-refractivity contribution in [1.82, 2.24) is 10.3 Å². The van der Waals surface area contributed by atoms with Crippen molar-refractivity contribution in [3.8, 4) is 0 Å². The molecule has 1 unspecified atom stereocenters. The molecular formula is C17H22FN3. The topological polar surface area (TPSA) is 28.2 Å². The third-order valence-electron chi connectivity index (χ3n) is 3.54. The highest BCUT2D eigenvalue weighted by Gasteiger charge is 2.10. The summed E-state index contributed by atoms with van der Waals surface area (Å²) in [6.07, 6.45) is 1.80. The smallest absolute Gasteiger partial charge is 0.128 e. The summed E-state index contributed by atoms with van der Waals surface area (Å²) in [4.78, 5) is 6.34. The second-order valence-electron chi connectivity index (χ2n) is 5.17. The molecule has 0 radical (unpaired) electrons. The van der Waals surface area contributed by atoms with Crippen LogP contribution in [0.5, 0.6) is 0 Å². The van der Waals surface area contributed by atoms with Gasteiger partial charge in [-0.15, -0.1) is 0 Å². The number of halogens is 1. The predicted octanol–water partition coefficient (Wildman–Crippen LogP) is 3.53. The molecule has 1 aromatic heterocycles. The van der Waals surface area contributed by atoms with Gasteiger partial charge in [-0.2, -0.15) is 0 Å². The van der Waals surface area contributed by atoms with Crippen molar-refractivity contribution in [2.45, 2.75) is 26.4 Å². The van der Waals surface area contributed by atoms with Gasteiger partial charge in [0.15, 0.2) is 0 Å². The van der Waals surface area contributed by atoms with E-state index >= 15 is 0 Å². The molecule has 3 nitrogen and oxygen atoms in total. The normalized spacial score (nSPS) is 12.2. The third kappa shape index (κ3) is 4.02. The summed E-state index contributed by atoms with van der Waals surface area (Å²) in [5, 5.41) is 3.38. The van der Waals surface area contributed by atoms with Crippen LogP contribution in [-0.4, -0.2) is 18.6 Å². The van der Waals surface area contributed by atoms with Crippen LogP contribution < -0.4 is 10.2 Å². The Kier molecular flexibility index (Phi) is 5.28. The summed E-state index contributed by atoms with van der Waals surface area (Å²) in [7, 11) is 1.93. The van der Waals surface area contributed by atoms with Crippen LogP contribution in [0.15, 0.2) is 42.6 Å². The average Bonchev–Trinajstić information content (AvgIpc) is 2.50. The first-order valence-electron chi connectivity index (χ1n) is 7.25. The standard InChI is InChI=1S/C17H22FN3/c1-4-19-13(2)14-9-10-20-17(11-14)21(3)12-15-7-5-6-8-16(15)18/h5-11,13,19H,4,12H2,1-3H3. The van der Waals surface area contributed by atoms with Crippen molar-refractivity contribution in [3.05, 3.63) is 59.5 Å². The van der Waals surface area contributed by atoms with E-state index in [9.17, 15) is 4.39 Å². The number of benzene rings is 1. The van der Waals surface area contributed by atoms with Crippen molar-refractivity contribution >= 4 is 5.82 Å². The lowest BCUT2D eigenvalue weighted by atomic mass is 10.1. The highest BCUT2D eigenvalue weighted by molar-refractivity contribution is 5.42. The summed E-state index contributed by atoms with van der Waals surface area (Å²) < 4.78 is 13.7. The van der Waals surface area contributed by atoms with E-state index in [0.29, 0.717) is 12.1 Å². The van der Waals surface area contributed by atoms with Gasteiger partial charge < -0.3 is 10.2 Å². The molecule has 1 atom stereocenters. The number of pyridine rings is 1. The number of hydrogen-bond donors (Lipinski definition) is 1. The molecule has 0 saturated carbocycles. The molecule has 1 N–H and O–H groups in total. The van der Waals surface area contributed by atoms with Crippen LogP contribution in [-0.2, 0) is 6.54 Å². The molecule has 0 aliphatic carbocycles. The molecule has 0 spiro atoms. The quantitative estimate of drug-likeness (QED) is 0.881. The molecule has 1 aromatic carbocycles. The number of anilines is 1. The Morgan fingerprint density at radius 1 is 1.29 bits per heavy atom. The van der Waals surface area contributed by atoms with E-state index in [1.165, 1.54) is 11.6 Å². The summed E-state index contributed by atoms with van der Waals surface area (Å²) in [6, 6.07) is 11.2. The Morgan fingerprint density at radius 3 is 2.76 bits per heavy atom. The van der Waals surface area contributed by atoms with E-state index in [1.807, 2.05) is 30.1 Å². The number of aromatic nitrogens is 1. The van der Waals surface area contributed by atoms with Gasteiger partial charge in [0, 0.05) is 31.4 Å². The molecular weight excluding hydrogens is 265 g/mol. The SMILES string of the molecule is CCNC(C)c1ccnc(N(C)Cc2ccccc2F)c1. The average molecular weight is 287 g/mol. The Labute approximate surface area is 125 Å². The Bertz CT molecular complexity index is 586. The summed E-state index contributed by atoms with van der Waals surface area (Å²) in [5.74, 6) is 0.669. The van der Waals surface area contributed by atoms with Gasteiger partial charge in [0.25, 0.3) is 0 Å². The highest BCUT2D eigenvalue weighted by Crippen LogP contribution is 2.19. The Balaban J connectivity index is 2.14. The van der Waals surface area contributed by atoms with Crippen LogP contribution in [0, 0.1) is 5.82 Å². The molecule has 0 saturated heterocycles. The molecule has 0 amide bonds. The maximum atomic E-state index is 13.7. The van der Waals surface area contributed by atoms with Crippen molar-refractivity contribution in [2.24, 2.45) is 0 Å². The molecule has 0 aliphatic heterocycles. The van der Waals surface area contributed by atoms with Gasteiger partial charge in [-0.05, 0) is 37.2 Å². The second kappa shape index (κ2) is 7.18. The van der Waals surface area contributed by atoms with Gasteiger partial charge in [-0.3, -0.25) is 0 Å². The number of nitrogens with one attached hydrogen (secondary N) is 1. The molecule has 0 bridgehead atoms. The maximum absolute atomic E-state index is 13.7. The van der Waals surface area contributed by atoms with E-state index in [0.717, 1.165) is 12.4 Å². The van der Waals surface area contributed by atoms with Gasteiger partial charge in [-0.25, -0.2) is 9.37 Å². The Hall–Kier alpha value is -1.94. The van der Waals surface area contributed by atoms with Crippen LogP contribution in [0.25, 0.3) is 0 Å². The molecule has 2 rings (SSSR count). The largest absolute Gasteiger partial charge is 0.355 e. The second-order valence-corrected chi connectivity index (χ2v) is 5.17. The van der Waals surface area contributed by atoms with Crippen molar-refractivity contribution < 1.29 is 4.39 Å². The van der Waals surface area contributed by atoms with Gasteiger partial charge in [-0.1, -0.05) is 25.1 Å².